The number of hydrogen-bond acceptors (Lipinski definition) is 2. The van der Waals surface area contributed by atoms with Crippen molar-refractivity contribution in [3.8, 4) is 0 Å². The van der Waals surface area contributed by atoms with Crippen LogP contribution in [0.5, 0.6) is 0 Å². The molecular weight excluding hydrogens is 234 g/mol. The average molecular weight is 237 g/mol. The summed E-state index contributed by atoms with van der Waals surface area (Å²) in [5.41, 5.74) is 3.64. The van der Waals surface area contributed by atoms with Gasteiger partial charge in [0, 0.05) is 0 Å². The monoisotopic (exact) mass is 236 g/mol. The van der Waals surface area contributed by atoms with Gasteiger partial charge in [-0.1, -0.05) is 47.4 Å². The summed E-state index contributed by atoms with van der Waals surface area (Å²) < 4.78 is -2.09. The molecule has 8 heteroatoms. The van der Waals surface area contributed by atoms with Gasteiger partial charge in [0.25, 0.3) is 14.9 Å². The molecule has 2 amide bonds. The number of carbonyl (C=O) groups excluding carboxylic acids is 2. The van der Waals surface area contributed by atoms with Crippen LogP contribution >= 0.6 is 47.4 Å². The number of hydrogen-bond donors (Lipinski definition) is 3. The van der Waals surface area contributed by atoms with E-state index in [4.69, 9.17) is 34.8 Å². The number of amides is 2. The lowest BCUT2D eigenvalue weighted by atomic mass is 10.7. The molecule has 0 fully saturated rings. The van der Waals surface area contributed by atoms with Crippen molar-refractivity contribution in [3.63, 3.8) is 0 Å². The summed E-state index contributed by atoms with van der Waals surface area (Å²) in [7, 11) is 0. The molecular formula is C3H3Cl3N2O2S. The zero-order valence-electron chi connectivity index (χ0n) is 4.90. The predicted octanol–water partition coefficient (Wildman–Crippen LogP) is 1.03. The van der Waals surface area contributed by atoms with E-state index in [1.807, 2.05) is 10.9 Å². The maximum atomic E-state index is 10.6. The van der Waals surface area contributed by atoms with Crippen molar-refractivity contribution in [2.45, 2.75) is 3.79 Å². The summed E-state index contributed by atoms with van der Waals surface area (Å²) in [6.07, 6.45) is 0. The van der Waals surface area contributed by atoms with E-state index in [1.54, 1.807) is 0 Å². The number of rotatable bonds is 0. The van der Waals surface area contributed by atoms with Crippen molar-refractivity contribution in [1.82, 2.24) is 10.9 Å². The summed E-state index contributed by atoms with van der Waals surface area (Å²) in [4.78, 5) is 20.7. The molecule has 0 saturated carbocycles. The van der Waals surface area contributed by atoms with Crippen LogP contribution in [-0.4, -0.2) is 14.9 Å². The third kappa shape index (κ3) is 5.43. The van der Waals surface area contributed by atoms with Crippen LogP contribution in [0.1, 0.15) is 0 Å². The van der Waals surface area contributed by atoms with Crippen LogP contribution in [0.25, 0.3) is 0 Å². The highest BCUT2D eigenvalue weighted by Crippen LogP contribution is 2.25. The fourth-order valence-corrected chi connectivity index (χ4v) is 0.379. The zero-order valence-corrected chi connectivity index (χ0v) is 8.06. The number of nitrogens with one attached hydrogen (secondary N) is 2. The first kappa shape index (κ1) is 11.2. The highest BCUT2D eigenvalue weighted by atomic mass is 35.6. The van der Waals surface area contributed by atoms with Gasteiger partial charge in [-0.15, -0.1) is 0 Å². The number of alkyl halides is 3. The van der Waals surface area contributed by atoms with Gasteiger partial charge in [-0.2, -0.15) is 0 Å². The molecule has 4 nitrogen and oxygen atoms in total. The molecule has 0 aliphatic carbocycles. The van der Waals surface area contributed by atoms with E-state index in [2.05, 4.69) is 12.6 Å². The van der Waals surface area contributed by atoms with Crippen molar-refractivity contribution < 1.29 is 9.59 Å². The molecule has 0 aromatic rings. The molecule has 0 aromatic heterocycles. The van der Waals surface area contributed by atoms with E-state index in [0.29, 0.717) is 0 Å². The lowest BCUT2D eigenvalue weighted by Gasteiger charge is -2.10. The Balaban J connectivity index is 3.80. The van der Waals surface area contributed by atoms with Crippen molar-refractivity contribution in [2.24, 2.45) is 0 Å². The minimum atomic E-state index is -2.09. The van der Waals surface area contributed by atoms with E-state index in [0.717, 1.165) is 0 Å². The summed E-state index contributed by atoms with van der Waals surface area (Å²) in [6.45, 7) is 0. The average Bonchev–Trinajstić information content (AvgIpc) is 1.80. The Morgan fingerprint density at radius 1 is 1.18 bits per heavy atom. The molecule has 2 N–H and O–H groups in total. The standard InChI is InChI=1S/C3H3Cl3N2O2S/c4-3(5,6)1(9)7-8-2(10)11/h(H,7,9)(H2,8,10,11). The molecule has 0 unspecified atom stereocenters. The van der Waals surface area contributed by atoms with Gasteiger partial charge in [0.15, 0.2) is 0 Å². The van der Waals surface area contributed by atoms with Gasteiger partial charge in [0.05, 0.1) is 0 Å². The highest BCUT2D eigenvalue weighted by molar-refractivity contribution is 7.96. The van der Waals surface area contributed by atoms with Gasteiger partial charge < -0.3 is 0 Å². The largest absolute Gasteiger partial charge is 0.294 e. The topological polar surface area (TPSA) is 58.2 Å². The molecule has 0 aromatic carbocycles. The van der Waals surface area contributed by atoms with Crippen LogP contribution in [0.3, 0.4) is 0 Å². The van der Waals surface area contributed by atoms with Gasteiger partial charge in [0.2, 0.25) is 0 Å². The molecule has 0 bridgehead atoms. The quantitative estimate of drug-likeness (QED) is 0.335. The summed E-state index contributed by atoms with van der Waals surface area (Å²) >= 11 is 18.6. The van der Waals surface area contributed by atoms with E-state index < -0.39 is 14.9 Å². The van der Waals surface area contributed by atoms with Gasteiger partial charge in [-0.3, -0.25) is 20.4 Å². The van der Waals surface area contributed by atoms with Crippen LogP contribution in [-0.2, 0) is 4.79 Å². The first-order chi connectivity index (χ1) is 4.84. The van der Waals surface area contributed by atoms with Crippen LogP contribution in [0, 0.1) is 0 Å². The van der Waals surface area contributed by atoms with Crippen molar-refractivity contribution in [1.29, 1.82) is 0 Å². The van der Waals surface area contributed by atoms with E-state index in [-0.39, 0.29) is 0 Å². The van der Waals surface area contributed by atoms with Crippen molar-refractivity contribution in [2.75, 3.05) is 0 Å². The number of hydrazine groups is 1. The third-order valence-electron chi connectivity index (χ3n) is 0.540. The van der Waals surface area contributed by atoms with E-state index in [1.165, 1.54) is 0 Å². The number of halogens is 3. The normalized spacial score (nSPS) is 10.5. The second-order valence-electron chi connectivity index (χ2n) is 1.38. The van der Waals surface area contributed by atoms with Crippen molar-refractivity contribution in [3.05, 3.63) is 0 Å². The molecule has 64 valence electrons. The maximum Gasteiger partial charge on any atom is 0.294 e. The van der Waals surface area contributed by atoms with E-state index in [9.17, 15) is 9.59 Å². The molecule has 0 aliphatic heterocycles. The second-order valence-corrected chi connectivity index (χ2v) is 4.07. The molecule has 0 atom stereocenters. The molecule has 0 saturated heterocycles. The zero-order chi connectivity index (χ0) is 9.07. The molecule has 0 rings (SSSR count). The van der Waals surface area contributed by atoms with Gasteiger partial charge in [-0.05, 0) is 0 Å². The number of thiol groups is 1. The molecule has 0 radical (unpaired) electrons. The van der Waals surface area contributed by atoms with Crippen molar-refractivity contribution >= 4 is 58.6 Å². The van der Waals surface area contributed by atoms with Crippen LogP contribution in [0.2, 0.25) is 0 Å². The molecule has 0 heterocycles. The Kier molecular flexibility index (Phi) is 4.31. The highest BCUT2D eigenvalue weighted by Gasteiger charge is 2.30. The predicted molar refractivity (Wildman–Crippen MR) is 46.0 cm³/mol. The minimum absolute atomic E-state index is 0.757. The molecule has 0 aliphatic rings. The summed E-state index contributed by atoms with van der Waals surface area (Å²) in [6, 6.07) is 0. The Hall–Kier alpha value is 0.160. The fourth-order valence-electron chi connectivity index (χ4n) is 0.181. The SMILES string of the molecule is O=C(S)NNC(=O)C(Cl)(Cl)Cl. The second kappa shape index (κ2) is 4.25. The lowest BCUT2D eigenvalue weighted by molar-refractivity contribution is -0.120. The Morgan fingerprint density at radius 2 is 1.64 bits per heavy atom. The third-order valence-corrected chi connectivity index (χ3v) is 1.17. The summed E-state index contributed by atoms with van der Waals surface area (Å²) in [5, 5.41) is -0.757. The van der Waals surface area contributed by atoms with Crippen LogP contribution < -0.4 is 10.9 Å². The smallest absolute Gasteiger partial charge is 0.268 e. The van der Waals surface area contributed by atoms with Gasteiger partial charge in [-0.25, -0.2) is 0 Å². The Bertz CT molecular complexity index is 180. The summed E-state index contributed by atoms with van der Waals surface area (Å²) in [5.74, 6) is -0.954. The van der Waals surface area contributed by atoms with E-state index >= 15 is 0 Å². The Labute approximate surface area is 82.9 Å². The molecule has 0 spiro atoms. The minimum Gasteiger partial charge on any atom is -0.268 e. The van der Waals surface area contributed by atoms with Gasteiger partial charge in [0.1, 0.15) is 0 Å². The maximum absolute atomic E-state index is 10.6. The lowest BCUT2D eigenvalue weighted by Crippen LogP contribution is -2.44. The fraction of sp³-hybridized carbons (Fsp3) is 0.333. The molecule has 11 heavy (non-hydrogen) atoms. The van der Waals surface area contributed by atoms with Crippen LogP contribution in [0.15, 0.2) is 0 Å². The first-order valence-corrected chi connectivity index (χ1v) is 3.78. The van der Waals surface area contributed by atoms with Gasteiger partial charge >= 0.3 is 0 Å². The number of carbonyl (C=O) groups is 2. The first-order valence-electron chi connectivity index (χ1n) is 2.20. The van der Waals surface area contributed by atoms with Crippen LogP contribution in [0.4, 0.5) is 4.79 Å². The Morgan fingerprint density at radius 3 is 1.91 bits per heavy atom.